The lowest BCUT2D eigenvalue weighted by Crippen LogP contribution is -2.64. The van der Waals surface area contributed by atoms with Gasteiger partial charge in [0.25, 0.3) is 5.97 Å². The summed E-state index contributed by atoms with van der Waals surface area (Å²) in [4.78, 5) is 36.7. The van der Waals surface area contributed by atoms with E-state index in [-0.39, 0.29) is 31.1 Å². The largest absolute Gasteiger partial charge is 0.519 e. The van der Waals surface area contributed by atoms with Gasteiger partial charge in [-0.3, -0.25) is 14.4 Å². The van der Waals surface area contributed by atoms with Gasteiger partial charge in [0, 0.05) is 0 Å². The Balaban J connectivity index is 2.04. The normalized spacial score (nSPS) is 41.6. The Morgan fingerprint density at radius 1 is 0.870 bits per heavy atom. The monoisotopic (exact) mass is 340 g/mol. The Kier molecular flexibility index (Phi) is 3.29. The molecular formula is C16H24O6Si. The van der Waals surface area contributed by atoms with Gasteiger partial charge in [-0.1, -0.05) is 0 Å². The zero-order valence-electron chi connectivity index (χ0n) is 13.8. The van der Waals surface area contributed by atoms with Crippen LogP contribution in [0, 0.1) is 22.2 Å². The van der Waals surface area contributed by atoms with Crippen molar-refractivity contribution < 1.29 is 29.0 Å². The molecule has 0 spiro atoms. The topological polar surface area (TPSA) is 101 Å². The third kappa shape index (κ3) is 2.40. The van der Waals surface area contributed by atoms with Crippen LogP contribution in [-0.4, -0.2) is 36.4 Å². The van der Waals surface area contributed by atoms with Crippen molar-refractivity contribution in [2.45, 2.75) is 58.2 Å². The minimum atomic E-state index is -2.12. The molecule has 4 saturated carbocycles. The van der Waals surface area contributed by atoms with Crippen molar-refractivity contribution in [1.29, 1.82) is 0 Å². The van der Waals surface area contributed by atoms with Crippen LogP contribution in [0.2, 0.25) is 19.6 Å². The van der Waals surface area contributed by atoms with Crippen LogP contribution < -0.4 is 0 Å². The molecule has 0 aliphatic heterocycles. The molecule has 0 heterocycles. The van der Waals surface area contributed by atoms with Crippen molar-refractivity contribution in [3.8, 4) is 0 Å². The van der Waals surface area contributed by atoms with Gasteiger partial charge >= 0.3 is 11.9 Å². The fraction of sp³-hybridized carbons (Fsp3) is 0.812. The van der Waals surface area contributed by atoms with E-state index >= 15 is 0 Å². The summed E-state index contributed by atoms with van der Waals surface area (Å²) in [7, 11) is -2.12. The highest BCUT2D eigenvalue weighted by Gasteiger charge is 2.70. The Hall–Kier alpha value is -1.37. The summed E-state index contributed by atoms with van der Waals surface area (Å²) in [6, 6.07) is 0. The van der Waals surface area contributed by atoms with Gasteiger partial charge in [0.05, 0.1) is 16.2 Å². The smallest absolute Gasteiger partial charge is 0.309 e. The molecule has 7 heteroatoms. The highest BCUT2D eigenvalue weighted by atomic mass is 28.4. The molecule has 4 rings (SSSR count). The van der Waals surface area contributed by atoms with Crippen LogP contribution in [0.15, 0.2) is 0 Å². The Bertz CT molecular complexity index is 562. The Morgan fingerprint density at radius 2 is 1.26 bits per heavy atom. The number of carboxylic acids is 2. The SMILES string of the molecule is C[Si](C)(C)OC(=O)C12CC3CC(C(=O)O)(CC(C(=O)O)(C3)C1)C2. The van der Waals surface area contributed by atoms with Crippen LogP contribution in [0.25, 0.3) is 0 Å². The molecule has 4 bridgehead atoms. The molecule has 0 amide bonds. The van der Waals surface area contributed by atoms with E-state index in [2.05, 4.69) is 0 Å². The molecule has 4 fully saturated rings. The van der Waals surface area contributed by atoms with Crippen LogP contribution in [0.1, 0.15) is 38.5 Å². The quantitative estimate of drug-likeness (QED) is 0.763. The van der Waals surface area contributed by atoms with Gasteiger partial charge in [0.15, 0.2) is 0 Å². The van der Waals surface area contributed by atoms with E-state index in [9.17, 15) is 24.6 Å². The zero-order chi connectivity index (χ0) is 17.3. The molecule has 2 N–H and O–H groups in total. The van der Waals surface area contributed by atoms with Gasteiger partial charge in [0.2, 0.25) is 8.32 Å². The van der Waals surface area contributed by atoms with E-state index in [1.165, 1.54) is 0 Å². The molecule has 0 aromatic rings. The first-order valence-electron chi connectivity index (χ1n) is 8.12. The molecule has 0 radical (unpaired) electrons. The Morgan fingerprint density at radius 3 is 1.65 bits per heavy atom. The van der Waals surface area contributed by atoms with Crippen molar-refractivity contribution >= 4 is 26.2 Å². The standard InChI is InChI=1S/C16H24O6Si/c1-23(2,3)22-13(21)16-6-10-4-14(8-16,11(17)18)7-15(5-10,9-16)12(19)20/h10H,4-9H2,1-3H3,(H,17,18)(H,19,20). The maximum absolute atomic E-state index is 12.9. The lowest BCUT2D eigenvalue weighted by atomic mass is 9.39. The average molecular weight is 340 g/mol. The summed E-state index contributed by atoms with van der Waals surface area (Å²) in [6.07, 6.45) is 2.14. The number of hydrogen-bond donors (Lipinski definition) is 2. The maximum Gasteiger partial charge on any atom is 0.309 e. The van der Waals surface area contributed by atoms with Gasteiger partial charge < -0.3 is 14.6 Å². The van der Waals surface area contributed by atoms with E-state index in [1.807, 2.05) is 19.6 Å². The summed E-state index contributed by atoms with van der Waals surface area (Å²) in [5, 5.41) is 19.5. The number of hydrogen-bond acceptors (Lipinski definition) is 4. The fourth-order valence-electron chi connectivity index (χ4n) is 5.53. The lowest BCUT2D eigenvalue weighted by molar-refractivity contribution is -0.207. The molecule has 0 aromatic heterocycles. The second-order valence-corrected chi connectivity index (χ2v) is 13.4. The van der Waals surface area contributed by atoms with Crippen molar-refractivity contribution in [1.82, 2.24) is 0 Å². The minimum absolute atomic E-state index is 0.0207. The van der Waals surface area contributed by atoms with Crippen LogP contribution in [0.5, 0.6) is 0 Å². The van der Waals surface area contributed by atoms with E-state index in [0.717, 1.165) is 0 Å². The molecule has 2 atom stereocenters. The average Bonchev–Trinajstić information content (AvgIpc) is 2.34. The number of carbonyl (C=O) groups excluding carboxylic acids is 1. The molecule has 23 heavy (non-hydrogen) atoms. The van der Waals surface area contributed by atoms with E-state index < -0.39 is 36.5 Å². The third-order valence-corrected chi connectivity index (χ3v) is 6.61. The van der Waals surface area contributed by atoms with Gasteiger partial charge in [-0.15, -0.1) is 0 Å². The van der Waals surface area contributed by atoms with Crippen molar-refractivity contribution in [3.63, 3.8) is 0 Å². The van der Waals surface area contributed by atoms with Gasteiger partial charge in [-0.2, -0.15) is 0 Å². The summed E-state index contributed by atoms with van der Waals surface area (Å²) in [5.74, 6) is -2.31. The van der Waals surface area contributed by atoms with E-state index in [0.29, 0.717) is 19.3 Å². The minimum Gasteiger partial charge on any atom is -0.519 e. The molecule has 2 unspecified atom stereocenters. The van der Waals surface area contributed by atoms with Crippen LogP contribution in [-0.2, 0) is 18.8 Å². The van der Waals surface area contributed by atoms with E-state index in [4.69, 9.17) is 4.43 Å². The number of aliphatic carboxylic acids is 2. The fourth-order valence-corrected chi connectivity index (χ4v) is 6.30. The predicted octanol–water partition coefficient (Wildman–Crippen LogP) is 2.49. The zero-order valence-corrected chi connectivity index (χ0v) is 14.8. The van der Waals surface area contributed by atoms with Gasteiger partial charge in [0.1, 0.15) is 0 Å². The van der Waals surface area contributed by atoms with Crippen molar-refractivity contribution in [2.75, 3.05) is 0 Å². The van der Waals surface area contributed by atoms with Crippen molar-refractivity contribution in [2.24, 2.45) is 22.2 Å². The highest BCUT2D eigenvalue weighted by molar-refractivity contribution is 6.71. The molecule has 0 saturated heterocycles. The molecule has 4 aliphatic rings. The maximum atomic E-state index is 12.9. The summed E-state index contributed by atoms with van der Waals surface area (Å²) in [5.41, 5.74) is -3.11. The first-order chi connectivity index (χ1) is 10.4. The number of carboxylic acid groups (broad SMARTS) is 2. The summed E-state index contributed by atoms with van der Waals surface area (Å²) >= 11 is 0. The Labute approximate surface area is 136 Å². The van der Waals surface area contributed by atoms with Gasteiger partial charge in [-0.25, -0.2) is 0 Å². The molecule has 128 valence electrons. The summed E-state index contributed by atoms with van der Waals surface area (Å²) in [6.45, 7) is 5.72. The highest BCUT2D eigenvalue weighted by Crippen LogP contribution is 2.70. The second-order valence-electron chi connectivity index (χ2n) is 8.96. The summed E-state index contributed by atoms with van der Waals surface area (Å²) < 4.78 is 5.69. The number of rotatable bonds is 4. The van der Waals surface area contributed by atoms with E-state index in [1.54, 1.807) is 0 Å². The first kappa shape index (κ1) is 16.5. The second kappa shape index (κ2) is 4.59. The first-order valence-corrected chi connectivity index (χ1v) is 11.5. The predicted molar refractivity (Wildman–Crippen MR) is 83.2 cm³/mol. The third-order valence-electron chi connectivity index (χ3n) is 5.81. The van der Waals surface area contributed by atoms with Crippen LogP contribution >= 0.6 is 0 Å². The molecule has 6 nitrogen and oxygen atoms in total. The molecule has 4 aliphatic carbocycles. The number of carbonyl (C=O) groups is 3. The molecular weight excluding hydrogens is 316 g/mol. The molecule has 0 aromatic carbocycles. The van der Waals surface area contributed by atoms with Crippen LogP contribution in [0.4, 0.5) is 0 Å². The lowest BCUT2D eigenvalue weighted by Gasteiger charge is -2.62. The van der Waals surface area contributed by atoms with Crippen LogP contribution in [0.3, 0.4) is 0 Å². The van der Waals surface area contributed by atoms with Gasteiger partial charge in [-0.05, 0) is 64.1 Å². The van der Waals surface area contributed by atoms with Crippen molar-refractivity contribution in [3.05, 3.63) is 0 Å².